The van der Waals surface area contributed by atoms with E-state index in [9.17, 15) is 23.1 Å². The summed E-state index contributed by atoms with van der Waals surface area (Å²) in [4.78, 5) is 10.1. The molecule has 130 valence electrons. The van der Waals surface area contributed by atoms with Gasteiger partial charge in [-0.05, 0) is 17.7 Å². The van der Waals surface area contributed by atoms with E-state index in [1.165, 1.54) is 12.1 Å². The molecule has 0 atom stereocenters. The van der Waals surface area contributed by atoms with Crippen molar-refractivity contribution in [2.45, 2.75) is 19.2 Å². The third kappa shape index (κ3) is 5.92. The number of aldehydes is 1. The van der Waals surface area contributed by atoms with E-state index in [4.69, 9.17) is 5.11 Å². The third-order valence-electron chi connectivity index (χ3n) is 3.12. The van der Waals surface area contributed by atoms with Gasteiger partial charge >= 0.3 is 6.18 Å². The summed E-state index contributed by atoms with van der Waals surface area (Å²) in [5, 5.41) is 20.8. The monoisotopic (exact) mass is 341 g/mol. The van der Waals surface area contributed by atoms with Crippen molar-refractivity contribution in [1.82, 2.24) is 0 Å². The maximum Gasteiger partial charge on any atom is 0.416 e. The molecular weight excluding hydrogens is 323 g/mol. The van der Waals surface area contributed by atoms with E-state index in [1.807, 2.05) is 0 Å². The molecule has 0 spiro atoms. The fourth-order valence-electron chi connectivity index (χ4n) is 1.82. The number of hydrogen-bond acceptors (Lipinski definition) is 4. The summed E-state index contributed by atoms with van der Waals surface area (Å²) < 4.78 is 36.4. The Morgan fingerprint density at radius 1 is 1.17 bits per heavy atom. The number of halogens is 3. The number of phenols is 1. The summed E-state index contributed by atoms with van der Waals surface area (Å²) in [6, 6.07) is 9.80. The lowest BCUT2D eigenvalue weighted by Crippen LogP contribution is -2.05. The summed E-state index contributed by atoms with van der Waals surface area (Å²) in [5.41, 5.74) is 1.04. The number of carbonyl (C=O) groups is 1. The minimum Gasteiger partial charge on any atom is -0.508 e. The molecule has 0 aliphatic carbocycles. The first kappa shape index (κ1) is 19.5. The average molecular weight is 341 g/mol. The van der Waals surface area contributed by atoms with Crippen LogP contribution in [-0.4, -0.2) is 23.5 Å². The fraction of sp³-hybridized carbons (Fsp3) is 0.235. The van der Waals surface area contributed by atoms with Crippen LogP contribution in [0.25, 0.3) is 0 Å². The zero-order valence-corrected chi connectivity index (χ0v) is 13.0. The first-order valence-electron chi connectivity index (χ1n) is 7.02. The van der Waals surface area contributed by atoms with Gasteiger partial charge in [-0.2, -0.15) is 13.2 Å². The molecule has 0 aromatic heterocycles. The van der Waals surface area contributed by atoms with Crippen LogP contribution in [0, 0.1) is 0 Å². The van der Waals surface area contributed by atoms with E-state index in [0.717, 1.165) is 17.8 Å². The van der Waals surface area contributed by atoms with Crippen LogP contribution in [0.3, 0.4) is 0 Å². The minimum absolute atomic E-state index is 0.0178. The number of aliphatic hydroxyl groups excluding tert-OH is 1. The molecule has 0 aliphatic rings. The number of rotatable bonds is 4. The zero-order valence-electron chi connectivity index (χ0n) is 13.0. The van der Waals surface area contributed by atoms with E-state index >= 15 is 0 Å². The second-order valence-corrected chi connectivity index (χ2v) is 4.82. The van der Waals surface area contributed by atoms with Crippen molar-refractivity contribution in [2.24, 2.45) is 0 Å². The van der Waals surface area contributed by atoms with Crippen LogP contribution in [0.1, 0.15) is 16.7 Å². The molecule has 0 bridgehead atoms. The first-order valence-corrected chi connectivity index (χ1v) is 7.02. The lowest BCUT2D eigenvalue weighted by atomic mass is 10.1. The summed E-state index contributed by atoms with van der Waals surface area (Å²) in [6.45, 7) is -0.129. The van der Waals surface area contributed by atoms with Crippen LogP contribution >= 0.6 is 0 Å². The number of anilines is 1. The quantitative estimate of drug-likeness (QED) is 0.746. The van der Waals surface area contributed by atoms with Gasteiger partial charge in [-0.15, -0.1) is 0 Å². The van der Waals surface area contributed by atoms with Gasteiger partial charge in [0.15, 0.2) is 0 Å². The lowest BCUT2D eigenvalue weighted by molar-refractivity contribution is -0.137. The maximum atomic E-state index is 12.1. The lowest BCUT2D eigenvalue weighted by Gasteiger charge is -2.06. The van der Waals surface area contributed by atoms with E-state index in [1.54, 1.807) is 25.2 Å². The number of aliphatic hydroxyl groups is 1. The van der Waals surface area contributed by atoms with Crippen molar-refractivity contribution >= 4 is 12.0 Å². The Hall–Kier alpha value is -2.54. The molecule has 0 aliphatic heterocycles. The molecule has 2 aromatic rings. The van der Waals surface area contributed by atoms with Crippen molar-refractivity contribution in [1.29, 1.82) is 0 Å². The maximum absolute atomic E-state index is 12.1. The van der Waals surface area contributed by atoms with E-state index in [0.29, 0.717) is 17.4 Å². The molecule has 24 heavy (non-hydrogen) atoms. The molecular formula is C17H18F3NO3. The van der Waals surface area contributed by atoms with Gasteiger partial charge < -0.3 is 20.3 Å². The van der Waals surface area contributed by atoms with E-state index in [2.05, 4.69) is 5.32 Å². The number of carbonyl (C=O) groups excluding carboxylic acids is 1. The summed E-state index contributed by atoms with van der Waals surface area (Å²) in [5.74, 6) is 0.124. The smallest absolute Gasteiger partial charge is 0.416 e. The SMILES string of the molecule is CNc1ccc(CO)c(O)c1.O=CCc1cccc(C(F)(F)F)c1. The van der Waals surface area contributed by atoms with Gasteiger partial charge in [-0.1, -0.05) is 24.3 Å². The fourth-order valence-corrected chi connectivity index (χ4v) is 1.82. The summed E-state index contributed by atoms with van der Waals surface area (Å²) >= 11 is 0. The highest BCUT2D eigenvalue weighted by Gasteiger charge is 2.30. The predicted molar refractivity (Wildman–Crippen MR) is 84.8 cm³/mol. The van der Waals surface area contributed by atoms with Gasteiger partial charge in [0.1, 0.15) is 12.0 Å². The molecule has 0 fully saturated rings. The van der Waals surface area contributed by atoms with Crippen LogP contribution in [0.4, 0.5) is 18.9 Å². The molecule has 2 aromatic carbocycles. The molecule has 0 heterocycles. The Kier molecular flexibility index (Phi) is 7.26. The van der Waals surface area contributed by atoms with Crippen molar-refractivity contribution < 1.29 is 28.2 Å². The minimum atomic E-state index is -4.33. The molecule has 3 N–H and O–H groups in total. The van der Waals surface area contributed by atoms with Crippen molar-refractivity contribution in [3.63, 3.8) is 0 Å². The number of nitrogens with one attached hydrogen (secondary N) is 1. The Labute approximate surface area is 137 Å². The Bertz CT molecular complexity index is 672. The van der Waals surface area contributed by atoms with Gasteiger partial charge in [0.25, 0.3) is 0 Å². The van der Waals surface area contributed by atoms with Gasteiger partial charge in [0, 0.05) is 30.8 Å². The highest BCUT2D eigenvalue weighted by atomic mass is 19.4. The number of hydrogen-bond donors (Lipinski definition) is 3. The molecule has 4 nitrogen and oxygen atoms in total. The highest BCUT2D eigenvalue weighted by molar-refractivity contribution is 5.55. The second-order valence-electron chi connectivity index (χ2n) is 4.82. The summed E-state index contributed by atoms with van der Waals surface area (Å²) in [6.07, 6.45) is -3.74. The van der Waals surface area contributed by atoms with Gasteiger partial charge in [0.05, 0.1) is 12.2 Å². The van der Waals surface area contributed by atoms with Crippen LogP contribution in [-0.2, 0) is 24.0 Å². The van der Waals surface area contributed by atoms with Crippen molar-refractivity contribution in [2.75, 3.05) is 12.4 Å². The Balaban J connectivity index is 0.000000243. The summed E-state index contributed by atoms with van der Waals surface area (Å²) in [7, 11) is 1.77. The topological polar surface area (TPSA) is 69.6 Å². The zero-order chi connectivity index (χ0) is 18.2. The van der Waals surface area contributed by atoms with E-state index in [-0.39, 0.29) is 18.8 Å². The van der Waals surface area contributed by atoms with Gasteiger partial charge in [-0.25, -0.2) is 0 Å². The van der Waals surface area contributed by atoms with Crippen LogP contribution in [0.5, 0.6) is 5.75 Å². The Morgan fingerprint density at radius 3 is 2.38 bits per heavy atom. The molecule has 7 heteroatoms. The van der Waals surface area contributed by atoms with Crippen molar-refractivity contribution in [3.8, 4) is 5.75 Å². The van der Waals surface area contributed by atoms with E-state index < -0.39 is 11.7 Å². The normalized spacial score (nSPS) is 10.5. The molecule has 0 unspecified atom stereocenters. The van der Waals surface area contributed by atoms with Gasteiger partial charge in [-0.3, -0.25) is 0 Å². The largest absolute Gasteiger partial charge is 0.508 e. The van der Waals surface area contributed by atoms with Crippen LogP contribution in [0.2, 0.25) is 0 Å². The number of benzene rings is 2. The molecule has 0 amide bonds. The number of aromatic hydroxyl groups is 1. The van der Waals surface area contributed by atoms with Crippen molar-refractivity contribution in [3.05, 3.63) is 59.2 Å². The molecule has 2 rings (SSSR count). The molecule has 0 radical (unpaired) electrons. The van der Waals surface area contributed by atoms with Gasteiger partial charge in [0.2, 0.25) is 0 Å². The standard InChI is InChI=1S/C9H7F3O.C8H11NO2/c10-9(11,12)8-3-1-2-7(6-8)4-5-13;1-9-7-3-2-6(5-10)8(11)4-7/h1-3,5-6H,4H2;2-4,9-11H,5H2,1H3. The van der Waals surface area contributed by atoms with Crippen LogP contribution < -0.4 is 5.32 Å². The third-order valence-corrected chi connectivity index (χ3v) is 3.12. The highest BCUT2D eigenvalue weighted by Crippen LogP contribution is 2.29. The average Bonchev–Trinajstić information content (AvgIpc) is 2.55. The van der Waals surface area contributed by atoms with Crippen LogP contribution in [0.15, 0.2) is 42.5 Å². The molecule has 0 saturated carbocycles. The second kappa shape index (κ2) is 8.93. The predicted octanol–water partition coefficient (Wildman–Crippen LogP) is 3.37. The first-order chi connectivity index (χ1) is 11.3. The molecule has 0 saturated heterocycles. The Morgan fingerprint density at radius 2 is 1.88 bits per heavy atom. The number of alkyl halides is 3.